The Morgan fingerprint density at radius 1 is 0.909 bits per heavy atom. The van der Waals surface area contributed by atoms with E-state index in [1.165, 1.54) is 68.6 Å². The number of Topliss-reactive ketones (excluding diaryl/α,β-unsaturated/α-hetero) is 1. The number of unbranched alkanes of at least 4 members (excludes halogenated alkanes) is 7. The van der Waals surface area contributed by atoms with Crippen molar-refractivity contribution >= 4 is 11.6 Å². The molecule has 0 aliphatic heterocycles. The molecule has 0 N–H and O–H groups in total. The lowest BCUT2D eigenvalue weighted by atomic mass is 9.72. The van der Waals surface area contributed by atoms with Crippen LogP contribution in [0.1, 0.15) is 119 Å². The third-order valence-corrected chi connectivity index (χ3v) is 6.66. The van der Waals surface area contributed by atoms with Gasteiger partial charge in [-0.15, -0.1) is 0 Å². The van der Waals surface area contributed by atoms with Gasteiger partial charge in [0.1, 0.15) is 0 Å². The number of hydrogen-bond acceptors (Lipinski definition) is 2. The van der Waals surface area contributed by atoms with Gasteiger partial charge in [0.05, 0.1) is 0 Å². The highest BCUT2D eigenvalue weighted by Gasteiger charge is 2.26. The van der Waals surface area contributed by atoms with Gasteiger partial charge in [-0.2, -0.15) is 0 Å². The first-order valence-electron chi connectivity index (χ1n) is 13.2. The van der Waals surface area contributed by atoms with E-state index >= 15 is 0 Å². The summed E-state index contributed by atoms with van der Waals surface area (Å²) in [5.74, 6) is -0.634. The average Bonchev–Trinajstić information content (AvgIpc) is 2.74. The molecule has 0 bridgehead atoms. The monoisotopic (exact) mass is 452 g/mol. The van der Waals surface area contributed by atoms with Crippen molar-refractivity contribution in [3.8, 4) is 0 Å². The SMILES string of the molecule is CCCCCCCCCCC(=O)C(=O)/C=C(C)/C=C/C=C(C)/C=C/C1=C(C)CCCC1(C)C. The second-order valence-electron chi connectivity index (χ2n) is 10.4. The molecule has 184 valence electrons. The third-order valence-electron chi connectivity index (χ3n) is 6.66. The zero-order valence-corrected chi connectivity index (χ0v) is 22.3. The lowest BCUT2D eigenvalue weighted by molar-refractivity contribution is -0.133. The van der Waals surface area contributed by atoms with E-state index in [0.717, 1.165) is 30.4 Å². The van der Waals surface area contributed by atoms with Crippen LogP contribution < -0.4 is 0 Å². The maximum Gasteiger partial charge on any atom is 0.221 e. The molecule has 1 aliphatic rings. The molecule has 1 aliphatic carbocycles. The summed E-state index contributed by atoms with van der Waals surface area (Å²) in [5.41, 5.74) is 5.18. The van der Waals surface area contributed by atoms with Gasteiger partial charge in [0, 0.05) is 6.42 Å². The van der Waals surface area contributed by atoms with Gasteiger partial charge in [0.2, 0.25) is 11.6 Å². The Morgan fingerprint density at radius 3 is 2.18 bits per heavy atom. The van der Waals surface area contributed by atoms with Gasteiger partial charge in [-0.1, -0.05) is 107 Å². The van der Waals surface area contributed by atoms with Crippen molar-refractivity contribution in [1.82, 2.24) is 0 Å². The molecule has 2 heteroatoms. The van der Waals surface area contributed by atoms with Crippen molar-refractivity contribution < 1.29 is 9.59 Å². The quantitative estimate of drug-likeness (QED) is 0.107. The van der Waals surface area contributed by atoms with Crippen molar-refractivity contribution in [2.75, 3.05) is 0 Å². The van der Waals surface area contributed by atoms with Crippen LogP contribution >= 0.6 is 0 Å². The first kappa shape index (κ1) is 29.1. The van der Waals surface area contributed by atoms with Crippen LogP contribution in [0, 0.1) is 5.41 Å². The maximum absolute atomic E-state index is 12.2. The largest absolute Gasteiger partial charge is 0.291 e. The first-order chi connectivity index (χ1) is 15.7. The number of ketones is 2. The van der Waals surface area contributed by atoms with Crippen LogP contribution in [0.3, 0.4) is 0 Å². The molecule has 0 spiro atoms. The van der Waals surface area contributed by atoms with Crippen molar-refractivity contribution in [3.05, 3.63) is 58.7 Å². The second kappa shape index (κ2) is 15.8. The zero-order valence-electron chi connectivity index (χ0n) is 22.3. The lowest BCUT2D eigenvalue weighted by Crippen LogP contribution is -2.19. The van der Waals surface area contributed by atoms with Crippen LogP contribution in [-0.2, 0) is 9.59 Å². The Labute approximate surface area is 204 Å². The van der Waals surface area contributed by atoms with Crippen LogP contribution in [0.25, 0.3) is 0 Å². The molecule has 0 aromatic carbocycles. The molecular weight excluding hydrogens is 404 g/mol. The van der Waals surface area contributed by atoms with E-state index < -0.39 is 0 Å². The highest BCUT2D eigenvalue weighted by atomic mass is 16.2. The first-order valence-corrected chi connectivity index (χ1v) is 13.2. The molecule has 0 aromatic heterocycles. The number of carbonyl (C=O) groups is 2. The van der Waals surface area contributed by atoms with Gasteiger partial charge in [-0.25, -0.2) is 0 Å². The Kier molecular flexibility index (Phi) is 13.9. The summed E-state index contributed by atoms with van der Waals surface area (Å²) in [6.07, 6.45) is 25.3. The Morgan fingerprint density at radius 2 is 1.55 bits per heavy atom. The van der Waals surface area contributed by atoms with Gasteiger partial charge < -0.3 is 0 Å². The summed E-state index contributed by atoms with van der Waals surface area (Å²) in [5, 5.41) is 0. The van der Waals surface area contributed by atoms with Gasteiger partial charge in [-0.3, -0.25) is 9.59 Å². The highest BCUT2D eigenvalue weighted by molar-refractivity contribution is 6.41. The summed E-state index contributed by atoms with van der Waals surface area (Å²) >= 11 is 0. The molecule has 0 radical (unpaired) electrons. The molecule has 0 saturated carbocycles. The lowest BCUT2D eigenvalue weighted by Gasteiger charge is -2.32. The predicted octanol–water partition coefficient (Wildman–Crippen LogP) is 9.19. The molecule has 0 fully saturated rings. The molecule has 1 rings (SSSR count). The van der Waals surface area contributed by atoms with E-state index in [-0.39, 0.29) is 17.0 Å². The van der Waals surface area contributed by atoms with Crippen LogP contribution in [0.5, 0.6) is 0 Å². The van der Waals surface area contributed by atoms with E-state index in [1.54, 1.807) is 0 Å². The Hall–Kier alpha value is -1.96. The molecular formula is C31H48O2. The maximum atomic E-state index is 12.2. The summed E-state index contributed by atoms with van der Waals surface area (Å²) in [6, 6.07) is 0. The van der Waals surface area contributed by atoms with Crippen LogP contribution in [0.2, 0.25) is 0 Å². The van der Waals surface area contributed by atoms with Crippen molar-refractivity contribution in [3.63, 3.8) is 0 Å². The molecule has 0 saturated heterocycles. The number of hydrogen-bond donors (Lipinski definition) is 0. The molecule has 0 atom stereocenters. The van der Waals surface area contributed by atoms with Crippen LogP contribution in [0.15, 0.2) is 58.7 Å². The molecule has 2 nitrogen and oxygen atoms in total. The van der Waals surface area contributed by atoms with E-state index in [4.69, 9.17) is 0 Å². The number of carbonyl (C=O) groups excluding carboxylic acids is 2. The summed E-state index contributed by atoms with van der Waals surface area (Å²) < 4.78 is 0. The fraction of sp³-hybridized carbons (Fsp3) is 0.613. The number of allylic oxidation sites excluding steroid dienone is 10. The standard InChI is InChI=1S/C31H48O2/c1-7-8-9-10-11-12-13-14-20-29(32)30(33)24-26(3)18-15-17-25(2)21-22-28-27(4)19-16-23-31(28,5)6/h15,17-18,21-22,24H,7-14,16,19-20,23H2,1-6H3/b18-15+,22-21+,25-17+,26-24+. The number of rotatable bonds is 15. The zero-order chi connectivity index (χ0) is 24.7. The van der Waals surface area contributed by atoms with Gasteiger partial charge >= 0.3 is 0 Å². The van der Waals surface area contributed by atoms with Crippen molar-refractivity contribution in [2.24, 2.45) is 5.41 Å². The van der Waals surface area contributed by atoms with E-state index in [9.17, 15) is 9.59 Å². The minimum atomic E-state index is -0.373. The van der Waals surface area contributed by atoms with Crippen molar-refractivity contribution in [2.45, 2.75) is 119 Å². The third kappa shape index (κ3) is 12.2. The van der Waals surface area contributed by atoms with Gasteiger partial charge in [-0.05, 0) is 69.1 Å². The molecule has 0 amide bonds. The molecule has 33 heavy (non-hydrogen) atoms. The Bertz CT molecular complexity index is 784. The van der Waals surface area contributed by atoms with E-state index in [0.29, 0.717) is 6.42 Å². The van der Waals surface area contributed by atoms with Crippen molar-refractivity contribution in [1.29, 1.82) is 0 Å². The molecule has 0 aromatic rings. The Balaban J connectivity index is 2.45. The summed E-state index contributed by atoms with van der Waals surface area (Å²) in [6.45, 7) is 13.1. The average molecular weight is 453 g/mol. The summed E-state index contributed by atoms with van der Waals surface area (Å²) in [7, 11) is 0. The predicted molar refractivity (Wildman–Crippen MR) is 143 cm³/mol. The highest BCUT2D eigenvalue weighted by Crippen LogP contribution is 2.40. The minimum absolute atomic E-state index is 0.246. The fourth-order valence-corrected chi connectivity index (χ4v) is 4.51. The van der Waals surface area contributed by atoms with Gasteiger partial charge in [0.15, 0.2) is 0 Å². The fourth-order valence-electron chi connectivity index (χ4n) is 4.51. The van der Waals surface area contributed by atoms with Crippen LogP contribution in [0.4, 0.5) is 0 Å². The van der Waals surface area contributed by atoms with Crippen LogP contribution in [-0.4, -0.2) is 11.6 Å². The molecule has 0 heterocycles. The summed E-state index contributed by atoms with van der Waals surface area (Å²) in [4.78, 5) is 24.3. The van der Waals surface area contributed by atoms with E-state index in [1.807, 2.05) is 25.2 Å². The smallest absolute Gasteiger partial charge is 0.221 e. The van der Waals surface area contributed by atoms with E-state index in [2.05, 4.69) is 46.8 Å². The second-order valence-corrected chi connectivity index (χ2v) is 10.4. The molecule has 0 unspecified atom stereocenters. The normalized spacial score (nSPS) is 17.4. The minimum Gasteiger partial charge on any atom is -0.291 e. The van der Waals surface area contributed by atoms with Gasteiger partial charge in [0.25, 0.3) is 0 Å². The topological polar surface area (TPSA) is 34.1 Å².